The van der Waals surface area contributed by atoms with Crippen LogP contribution in [0.15, 0.2) is 83.7 Å². The second kappa shape index (κ2) is 11.7. The van der Waals surface area contributed by atoms with Gasteiger partial charge in [-0.25, -0.2) is 0 Å². The van der Waals surface area contributed by atoms with Gasteiger partial charge < -0.3 is 19.9 Å². The molecule has 2 N–H and O–H groups in total. The molecule has 0 unspecified atom stereocenters. The van der Waals surface area contributed by atoms with Crippen molar-refractivity contribution in [2.45, 2.75) is 26.1 Å². The van der Waals surface area contributed by atoms with Gasteiger partial charge in [-0.15, -0.1) is 13.2 Å². The van der Waals surface area contributed by atoms with Crippen LogP contribution in [0, 0.1) is 0 Å². The summed E-state index contributed by atoms with van der Waals surface area (Å²) < 4.78 is 92.3. The van der Waals surface area contributed by atoms with Gasteiger partial charge in [0.25, 0.3) is 0 Å². The standard InChI is InChI=1S/C26H22F6N2O3/c1-2-35-23-13-10-19(25(27,28)29)14-22(23)34-15-21(24(33)36-16-17-6-4-3-5-7-17)18-8-11-20(12-9-18)37-26(30,31)32/h3-15H,2,16,33H2,1H3. The molecule has 0 saturated heterocycles. The van der Waals surface area contributed by atoms with E-state index in [1.165, 1.54) is 12.1 Å². The van der Waals surface area contributed by atoms with Crippen LogP contribution in [0.25, 0.3) is 5.57 Å². The van der Waals surface area contributed by atoms with Crippen LogP contribution < -0.4 is 15.2 Å². The zero-order valence-corrected chi connectivity index (χ0v) is 19.4. The number of allylic oxidation sites excluding steroid dienone is 1. The summed E-state index contributed by atoms with van der Waals surface area (Å²) in [5.41, 5.74) is 6.27. The summed E-state index contributed by atoms with van der Waals surface area (Å²) >= 11 is 0. The highest BCUT2D eigenvalue weighted by Gasteiger charge is 2.32. The van der Waals surface area contributed by atoms with Crippen LogP contribution in [0.5, 0.6) is 11.5 Å². The van der Waals surface area contributed by atoms with Crippen LogP contribution in [-0.2, 0) is 17.5 Å². The van der Waals surface area contributed by atoms with Crippen molar-refractivity contribution in [1.29, 1.82) is 0 Å². The van der Waals surface area contributed by atoms with Crippen molar-refractivity contribution in [1.82, 2.24) is 0 Å². The highest BCUT2D eigenvalue weighted by Crippen LogP contribution is 2.37. The number of alkyl halides is 6. The minimum Gasteiger partial charge on any atom is -0.492 e. The van der Waals surface area contributed by atoms with Crippen molar-refractivity contribution in [2.75, 3.05) is 6.61 Å². The number of aliphatic imine (C=N–C) groups is 1. The number of benzene rings is 3. The Labute approximate surface area is 208 Å². The van der Waals surface area contributed by atoms with Gasteiger partial charge in [0.15, 0.2) is 5.88 Å². The van der Waals surface area contributed by atoms with Crippen LogP contribution in [0.1, 0.15) is 23.6 Å². The first-order valence-corrected chi connectivity index (χ1v) is 10.9. The zero-order chi connectivity index (χ0) is 27.1. The van der Waals surface area contributed by atoms with E-state index in [1.54, 1.807) is 31.2 Å². The molecule has 37 heavy (non-hydrogen) atoms. The number of nitrogens with zero attached hydrogens (tertiary/aromatic N) is 1. The molecule has 5 nitrogen and oxygen atoms in total. The van der Waals surface area contributed by atoms with E-state index in [2.05, 4.69) is 9.73 Å². The summed E-state index contributed by atoms with van der Waals surface area (Å²) in [7, 11) is 0. The molecule has 0 bridgehead atoms. The fourth-order valence-corrected chi connectivity index (χ4v) is 3.14. The van der Waals surface area contributed by atoms with Crippen LogP contribution in [-0.4, -0.2) is 19.2 Å². The van der Waals surface area contributed by atoms with Gasteiger partial charge >= 0.3 is 12.5 Å². The number of rotatable bonds is 9. The van der Waals surface area contributed by atoms with E-state index in [-0.39, 0.29) is 41.7 Å². The molecule has 0 aliphatic heterocycles. The monoisotopic (exact) mass is 524 g/mol. The minimum absolute atomic E-state index is 0.0625. The summed E-state index contributed by atoms with van der Waals surface area (Å²) in [5.74, 6) is -0.515. The first-order chi connectivity index (χ1) is 17.5. The van der Waals surface area contributed by atoms with Crippen LogP contribution in [0.4, 0.5) is 32.0 Å². The Bertz CT molecular complexity index is 1240. The topological polar surface area (TPSA) is 66.1 Å². The Balaban J connectivity index is 2.01. The van der Waals surface area contributed by atoms with Crippen molar-refractivity contribution in [3.63, 3.8) is 0 Å². The van der Waals surface area contributed by atoms with Gasteiger partial charge in [-0.3, -0.25) is 4.99 Å². The van der Waals surface area contributed by atoms with Gasteiger partial charge in [0, 0.05) is 6.21 Å². The number of halogens is 6. The minimum atomic E-state index is -4.88. The lowest BCUT2D eigenvalue weighted by Crippen LogP contribution is -2.17. The number of nitrogens with two attached hydrogens (primary N) is 1. The van der Waals surface area contributed by atoms with Gasteiger partial charge in [0.2, 0.25) is 0 Å². The molecule has 3 aromatic rings. The van der Waals surface area contributed by atoms with Crippen LogP contribution in [0.2, 0.25) is 0 Å². The molecule has 0 aromatic heterocycles. The van der Waals surface area contributed by atoms with Gasteiger partial charge in [0.1, 0.15) is 23.8 Å². The Morgan fingerprint density at radius 2 is 1.59 bits per heavy atom. The van der Waals surface area contributed by atoms with Crippen molar-refractivity contribution < 1.29 is 40.6 Å². The first-order valence-electron chi connectivity index (χ1n) is 10.9. The van der Waals surface area contributed by atoms with E-state index < -0.39 is 23.9 Å². The maximum atomic E-state index is 13.3. The molecule has 0 radical (unpaired) electrons. The quantitative estimate of drug-likeness (QED) is 0.182. The van der Waals surface area contributed by atoms with Crippen LogP contribution >= 0.6 is 0 Å². The predicted octanol–water partition coefficient (Wildman–Crippen LogP) is 7.25. The molecule has 0 spiro atoms. The molecule has 11 heteroatoms. The average molecular weight is 524 g/mol. The molecule has 0 fully saturated rings. The highest BCUT2D eigenvalue weighted by molar-refractivity contribution is 6.11. The van der Waals surface area contributed by atoms with E-state index in [4.69, 9.17) is 15.2 Å². The molecule has 0 amide bonds. The largest absolute Gasteiger partial charge is 0.573 e. The fourth-order valence-electron chi connectivity index (χ4n) is 3.14. The van der Waals surface area contributed by atoms with Crippen molar-refractivity contribution >= 4 is 17.5 Å². The normalized spacial score (nSPS) is 12.8. The SMILES string of the molecule is CCOc1ccc(C(F)(F)F)cc1N=CC(=C(N)OCc1ccccc1)c1ccc(OC(F)(F)F)cc1. The summed E-state index contributed by atoms with van der Waals surface area (Å²) in [4.78, 5) is 4.15. The Hall–Kier alpha value is -4.15. The van der Waals surface area contributed by atoms with Crippen molar-refractivity contribution in [3.05, 3.63) is 95.4 Å². The first kappa shape index (κ1) is 27.4. The second-order valence-electron chi connectivity index (χ2n) is 7.50. The highest BCUT2D eigenvalue weighted by atomic mass is 19.4. The maximum absolute atomic E-state index is 13.3. The van der Waals surface area contributed by atoms with E-state index in [9.17, 15) is 26.3 Å². The Morgan fingerprint density at radius 1 is 0.919 bits per heavy atom. The molecule has 0 saturated carbocycles. The Kier molecular flexibility index (Phi) is 8.69. The molecule has 0 atom stereocenters. The Morgan fingerprint density at radius 3 is 2.19 bits per heavy atom. The summed E-state index contributed by atoms with van der Waals surface area (Å²) in [6.07, 6.45) is -8.32. The molecule has 3 aromatic carbocycles. The van der Waals surface area contributed by atoms with Gasteiger partial charge in [0.05, 0.1) is 17.7 Å². The fraction of sp³-hybridized carbons (Fsp3) is 0.192. The van der Waals surface area contributed by atoms with E-state index in [0.29, 0.717) is 0 Å². The predicted molar refractivity (Wildman–Crippen MR) is 126 cm³/mol. The van der Waals surface area contributed by atoms with Crippen molar-refractivity contribution in [3.8, 4) is 11.5 Å². The van der Waals surface area contributed by atoms with E-state index >= 15 is 0 Å². The third kappa shape index (κ3) is 8.19. The van der Waals surface area contributed by atoms with Gasteiger partial charge in [-0.05, 0) is 48.4 Å². The third-order valence-electron chi connectivity index (χ3n) is 4.82. The summed E-state index contributed by atoms with van der Waals surface area (Å²) in [6, 6.07) is 16.5. The van der Waals surface area contributed by atoms with Crippen molar-refractivity contribution in [2.24, 2.45) is 10.7 Å². The lowest BCUT2D eigenvalue weighted by Gasteiger charge is -2.13. The number of hydrogen-bond donors (Lipinski definition) is 1. The smallest absolute Gasteiger partial charge is 0.492 e. The molecule has 196 valence electrons. The van der Waals surface area contributed by atoms with Gasteiger partial charge in [-0.1, -0.05) is 42.5 Å². The van der Waals surface area contributed by atoms with Crippen LogP contribution in [0.3, 0.4) is 0 Å². The lowest BCUT2D eigenvalue weighted by molar-refractivity contribution is -0.274. The van der Waals surface area contributed by atoms with Gasteiger partial charge in [-0.2, -0.15) is 13.2 Å². The molecular weight excluding hydrogens is 502 g/mol. The average Bonchev–Trinajstić information content (AvgIpc) is 2.84. The molecule has 0 aliphatic carbocycles. The third-order valence-corrected chi connectivity index (χ3v) is 4.82. The maximum Gasteiger partial charge on any atom is 0.573 e. The molecular formula is C26H22F6N2O3. The number of hydrogen-bond acceptors (Lipinski definition) is 5. The molecule has 3 rings (SSSR count). The summed E-state index contributed by atoms with van der Waals surface area (Å²) in [6.45, 7) is 1.91. The lowest BCUT2D eigenvalue weighted by atomic mass is 10.1. The number of ether oxygens (including phenoxy) is 3. The second-order valence-corrected chi connectivity index (χ2v) is 7.50. The molecule has 0 heterocycles. The molecule has 0 aliphatic rings. The van der Waals surface area contributed by atoms with E-state index in [1.807, 2.05) is 6.07 Å². The summed E-state index contributed by atoms with van der Waals surface area (Å²) in [5, 5.41) is 0. The van der Waals surface area contributed by atoms with E-state index in [0.717, 1.165) is 42.1 Å². The zero-order valence-electron chi connectivity index (χ0n) is 19.4.